The van der Waals surface area contributed by atoms with Crippen molar-refractivity contribution >= 4 is 0 Å². The number of hydrogen-bond acceptors (Lipinski definition) is 4. The molecule has 20 heavy (non-hydrogen) atoms. The summed E-state index contributed by atoms with van der Waals surface area (Å²) >= 11 is 0. The van der Waals surface area contributed by atoms with Crippen molar-refractivity contribution in [2.45, 2.75) is 60.8 Å². The molecule has 0 atom stereocenters. The van der Waals surface area contributed by atoms with Crippen molar-refractivity contribution in [2.24, 2.45) is 0 Å². The van der Waals surface area contributed by atoms with Crippen LogP contribution in [0, 0.1) is 0 Å². The Morgan fingerprint density at radius 1 is 1.10 bits per heavy atom. The number of hydrogen-bond donors (Lipinski definition) is 0. The molecular formula is C16H35NO3. The van der Waals surface area contributed by atoms with Gasteiger partial charge in [-0.15, -0.1) is 0 Å². The molecule has 4 nitrogen and oxygen atoms in total. The molecule has 1 aromatic rings. The number of aromatic nitrogens is 1. The Labute approximate surface area is 125 Å². The monoisotopic (exact) mass is 289 g/mol. The van der Waals surface area contributed by atoms with Gasteiger partial charge in [0, 0.05) is 32.8 Å². The van der Waals surface area contributed by atoms with Crippen LogP contribution < -0.4 is 0 Å². The van der Waals surface area contributed by atoms with E-state index in [1.807, 2.05) is 26.8 Å². The highest BCUT2D eigenvalue weighted by atomic mass is 16.5. The molecule has 0 aliphatic carbocycles. The van der Waals surface area contributed by atoms with Gasteiger partial charge in [0.15, 0.2) is 0 Å². The van der Waals surface area contributed by atoms with Crippen LogP contribution in [0.5, 0.6) is 0 Å². The van der Waals surface area contributed by atoms with E-state index in [9.17, 15) is 0 Å². The van der Waals surface area contributed by atoms with Gasteiger partial charge in [0.25, 0.3) is 0 Å². The van der Waals surface area contributed by atoms with E-state index in [4.69, 9.17) is 9.47 Å². The molecule has 0 aliphatic rings. The third kappa shape index (κ3) is 25.9. The SMILES string of the molecule is CC.CCC.CCCOC.CCOCCc1ccon1. The highest BCUT2D eigenvalue weighted by Gasteiger charge is 1.93. The summed E-state index contributed by atoms with van der Waals surface area (Å²) in [5.74, 6) is 0. The Morgan fingerprint density at radius 3 is 2.00 bits per heavy atom. The van der Waals surface area contributed by atoms with Gasteiger partial charge >= 0.3 is 0 Å². The molecule has 0 bridgehead atoms. The van der Waals surface area contributed by atoms with E-state index in [-0.39, 0.29) is 0 Å². The molecule has 1 aromatic heterocycles. The lowest BCUT2D eigenvalue weighted by Crippen LogP contribution is -1.97. The van der Waals surface area contributed by atoms with Crippen LogP contribution in [0.25, 0.3) is 0 Å². The molecule has 4 heteroatoms. The Kier molecular flexibility index (Phi) is 32.2. The minimum Gasteiger partial charge on any atom is -0.385 e. The molecule has 0 fully saturated rings. The van der Waals surface area contributed by atoms with Crippen molar-refractivity contribution in [3.8, 4) is 0 Å². The maximum Gasteiger partial charge on any atom is 0.124 e. The van der Waals surface area contributed by atoms with Gasteiger partial charge in [-0.3, -0.25) is 0 Å². The van der Waals surface area contributed by atoms with Crippen molar-refractivity contribution in [3.63, 3.8) is 0 Å². The number of ether oxygens (including phenoxy) is 2. The minimum absolute atomic E-state index is 0.725. The zero-order chi connectivity index (χ0) is 16.1. The second-order valence-corrected chi connectivity index (χ2v) is 3.64. The molecule has 0 unspecified atom stereocenters. The van der Waals surface area contributed by atoms with E-state index < -0.39 is 0 Å². The standard InChI is InChI=1S/C7H11NO2.C4H10O.C3H8.C2H6/c1-2-9-5-3-7-4-6-10-8-7;1-3-4-5-2;1-3-2;1-2/h4,6H,2-3,5H2,1H3;3-4H2,1-2H3;3H2,1-2H3;1-2H3. The van der Waals surface area contributed by atoms with Gasteiger partial charge in [-0.05, 0) is 13.3 Å². The fourth-order valence-corrected chi connectivity index (χ4v) is 0.892. The Bertz CT molecular complexity index is 212. The van der Waals surface area contributed by atoms with Crippen molar-refractivity contribution in [3.05, 3.63) is 18.0 Å². The molecule has 0 saturated heterocycles. The first kappa shape index (κ1) is 24.2. The lowest BCUT2D eigenvalue weighted by atomic mass is 10.3. The Hall–Kier alpha value is -0.870. The second-order valence-electron chi connectivity index (χ2n) is 3.64. The molecule has 1 heterocycles. The van der Waals surface area contributed by atoms with Crippen LogP contribution >= 0.6 is 0 Å². The third-order valence-corrected chi connectivity index (χ3v) is 1.61. The number of rotatable bonds is 6. The van der Waals surface area contributed by atoms with Crippen LogP contribution in [0.15, 0.2) is 16.9 Å². The molecule has 0 amide bonds. The highest BCUT2D eigenvalue weighted by molar-refractivity contribution is 4.94. The van der Waals surface area contributed by atoms with Crippen LogP contribution in [-0.4, -0.2) is 32.1 Å². The highest BCUT2D eigenvalue weighted by Crippen LogP contribution is 1.95. The summed E-state index contributed by atoms with van der Waals surface area (Å²) in [6.45, 7) is 14.7. The molecular weight excluding hydrogens is 254 g/mol. The van der Waals surface area contributed by atoms with E-state index in [1.165, 1.54) is 6.42 Å². The lowest BCUT2D eigenvalue weighted by molar-refractivity contribution is 0.149. The fourth-order valence-electron chi connectivity index (χ4n) is 0.892. The quantitative estimate of drug-likeness (QED) is 0.710. The van der Waals surface area contributed by atoms with E-state index in [0.717, 1.165) is 38.4 Å². The maximum atomic E-state index is 5.13. The van der Waals surface area contributed by atoms with Crippen LogP contribution in [0.2, 0.25) is 0 Å². The zero-order valence-electron chi connectivity index (χ0n) is 14.6. The third-order valence-electron chi connectivity index (χ3n) is 1.61. The summed E-state index contributed by atoms with van der Waals surface area (Å²) in [5.41, 5.74) is 0.952. The summed E-state index contributed by atoms with van der Waals surface area (Å²) < 4.78 is 14.5. The first-order valence-electron chi connectivity index (χ1n) is 7.72. The fraction of sp³-hybridized carbons (Fsp3) is 0.812. The first-order chi connectivity index (χ1) is 9.76. The lowest BCUT2D eigenvalue weighted by Gasteiger charge is -1.95. The van der Waals surface area contributed by atoms with Crippen LogP contribution in [-0.2, 0) is 15.9 Å². The van der Waals surface area contributed by atoms with E-state index in [2.05, 4.69) is 30.5 Å². The molecule has 122 valence electrons. The average Bonchev–Trinajstić information content (AvgIpc) is 2.97. The van der Waals surface area contributed by atoms with Crippen molar-refractivity contribution in [1.29, 1.82) is 0 Å². The average molecular weight is 289 g/mol. The zero-order valence-corrected chi connectivity index (χ0v) is 14.6. The predicted molar refractivity (Wildman–Crippen MR) is 86.2 cm³/mol. The molecule has 0 aliphatic heterocycles. The molecule has 0 spiro atoms. The number of nitrogens with zero attached hydrogens (tertiary/aromatic N) is 1. The predicted octanol–water partition coefficient (Wildman–Crippen LogP) is 4.74. The van der Waals surface area contributed by atoms with Gasteiger partial charge in [0.2, 0.25) is 0 Å². The summed E-state index contributed by atoms with van der Waals surface area (Å²) in [5, 5.41) is 3.73. The first-order valence-corrected chi connectivity index (χ1v) is 7.72. The smallest absolute Gasteiger partial charge is 0.124 e. The topological polar surface area (TPSA) is 44.5 Å². The summed E-state index contributed by atoms with van der Waals surface area (Å²) in [7, 11) is 1.71. The van der Waals surface area contributed by atoms with Crippen LogP contribution in [0.3, 0.4) is 0 Å². The molecule has 0 N–H and O–H groups in total. The van der Waals surface area contributed by atoms with Crippen LogP contribution in [0.4, 0.5) is 0 Å². The molecule has 1 rings (SSSR count). The normalized spacial score (nSPS) is 8.35. The molecule has 0 aromatic carbocycles. The van der Waals surface area contributed by atoms with Gasteiger partial charge in [-0.25, -0.2) is 0 Å². The maximum absolute atomic E-state index is 5.13. The Morgan fingerprint density at radius 2 is 1.70 bits per heavy atom. The number of methoxy groups -OCH3 is 1. The Balaban J connectivity index is -0.000000245. The molecule has 0 saturated carbocycles. The second kappa shape index (κ2) is 26.6. The van der Waals surface area contributed by atoms with Gasteiger partial charge in [-0.2, -0.15) is 0 Å². The minimum atomic E-state index is 0.725. The van der Waals surface area contributed by atoms with Gasteiger partial charge in [0.05, 0.1) is 12.3 Å². The van der Waals surface area contributed by atoms with Gasteiger partial charge in [0.1, 0.15) is 6.26 Å². The van der Waals surface area contributed by atoms with Crippen molar-refractivity contribution in [2.75, 3.05) is 26.9 Å². The van der Waals surface area contributed by atoms with Gasteiger partial charge < -0.3 is 14.0 Å². The van der Waals surface area contributed by atoms with E-state index >= 15 is 0 Å². The largest absolute Gasteiger partial charge is 0.385 e. The summed E-state index contributed by atoms with van der Waals surface area (Å²) in [4.78, 5) is 0. The van der Waals surface area contributed by atoms with Crippen LogP contribution in [0.1, 0.15) is 60.1 Å². The van der Waals surface area contributed by atoms with E-state index in [0.29, 0.717) is 0 Å². The van der Waals surface area contributed by atoms with E-state index in [1.54, 1.807) is 13.4 Å². The van der Waals surface area contributed by atoms with Crippen molar-refractivity contribution in [1.82, 2.24) is 5.16 Å². The van der Waals surface area contributed by atoms with Crippen molar-refractivity contribution < 1.29 is 14.0 Å². The summed E-state index contributed by atoms with van der Waals surface area (Å²) in [6, 6.07) is 1.85. The molecule has 0 radical (unpaired) electrons. The van der Waals surface area contributed by atoms with Gasteiger partial charge in [-0.1, -0.05) is 46.2 Å². The summed E-state index contributed by atoms with van der Waals surface area (Å²) in [6.07, 6.45) is 4.78.